The van der Waals surface area contributed by atoms with E-state index in [4.69, 9.17) is 4.74 Å². The second kappa shape index (κ2) is 12.4. The van der Waals surface area contributed by atoms with E-state index in [-0.39, 0.29) is 30.4 Å². The number of rotatable bonds is 11. The first-order valence-corrected chi connectivity index (χ1v) is 11.6. The number of hydrogen-bond acceptors (Lipinski definition) is 4. The minimum Gasteiger partial charge on any atom is -0.377 e. The number of hydrogen-bond donors (Lipinski definition) is 1. The van der Waals surface area contributed by atoms with Gasteiger partial charge < -0.3 is 19.9 Å². The molecule has 2 atom stereocenters. The van der Waals surface area contributed by atoms with E-state index in [1.165, 1.54) is 7.11 Å². The van der Waals surface area contributed by atoms with Gasteiger partial charge in [0.1, 0.15) is 6.61 Å². The molecule has 0 aromatic heterocycles. The summed E-state index contributed by atoms with van der Waals surface area (Å²) < 4.78 is 4.93. The van der Waals surface area contributed by atoms with Gasteiger partial charge in [0.25, 0.3) is 0 Å². The van der Waals surface area contributed by atoms with Crippen LogP contribution in [0.3, 0.4) is 0 Å². The Morgan fingerprint density at radius 3 is 2.24 bits per heavy atom. The SMILES string of the molecule is CC[C@H](C(=O)N(Cc1cc(NC(=O)COC)ccc1N(C)C)[C@@H](C)C(C)C)c1ccccc1. The molecule has 33 heavy (non-hydrogen) atoms. The molecule has 0 spiro atoms. The Bertz CT molecular complexity index is 912. The lowest BCUT2D eigenvalue weighted by Gasteiger charge is -2.36. The highest BCUT2D eigenvalue weighted by molar-refractivity contribution is 5.92. The summed E-state index contributed by atoms with van der Waals surface area (Å²) in [4.78, 5) is 30.0. The Labute approximate surface area is 198 Å². The van der Waals surface area contributed by atoms with E-state index in [2.05, 4.69) is 33.0 Å². The van der Waals surface area contributed by atoms with Gasteiger partial charge in [-0.25, -0.2) is 0 Å². The minimum atomic E-state index is -0.209. The molecule has 0 bridgehead atoms. The van der Waals surface area contributed by atoms with Crippen LogP contribution in [-0.2, 0) is 20.9 Å². The molecule has 0 heterocycles. The van der Waals surface area contributed by atoms with Gasteiger partial charge in [-0.1, -0.05) is 51.1 Å². The predicted octanol–water partition coefficient (Wildman–Crippen LogP) is 4.90. The first kappa shape index (κ1) is 26.4. The van der Waals surface area contributed by atoms with Gasteiger partial charge in [0, 0.05) is 45.2 Å². The molecule has 6 heteroatoms. The standard InChI is InChI=1S/C27H39N3O3/c1-8-24(21-12-10-9-11-13-21)27(32)30(20(4)19(2)3)17-22-16-23(28-26(31)18-33-7)14-15-25(22)29(5)6/h9-16,19-20,24H,8,17-18H2,1-7H3,(H,28,31)/t20-,24-/m0/s1. The van der Waals surface area contributed by atoms with Crippen LogP contribution < -0.4 is 10.2 Å². The van der Waals surface area contributed by atoms with Crippen LogP contribution in [0.5, 0.6) is 0 Å². The van der Waals surface area contributed by atoms with E-state index in [0.29, 0.717) is 18.2 Å². The van der Waals surface area contributed by atoms with Gasteiger partial charge in [0.05, 0.1) is 5.92 Å². The topological polar surface area (TPSA) is 61.9 Å². The van der Waals surface area contributed by atoms with Crippen molar-refractivity contribution < 1.29 is 14.3 Å². The number of nitrogens with zero attached hydrogens (tertiary/aromatic N) is 2. The van der Waals surface area contributed by atoms with E-state index < -0.39 is 0 Å². The van der Waals surface area contributed by atoms with Gasteiger partial charge in [-0.3, -0.25) is 9.59 Å². The van der Waals surface area contributed by atoms with Gasteiger partial charge in [0.15, 0.2) is 0 Å². The zero-order chi connectivity index (χ0) is 24.5. The Balaban J connectivity index is 2.44. The Kier molecular flexibility index (Phi) is 9.92. The van der Waals surface area contributed by atoms with Gasteiger partial charge in [-0.15, -0.1) is 0 Å². The third-order valence-electron chi connectivity index (χ3n) is 6.11. The fourth-order valence-electron chi connectivity index (χ4n) is 3.96. The number of amides is 2. The number of methoxy groups -OCH3 is 1. The maximum absolute atomic E-state index is 13.9. The highest BCUT2D eigenvalue weighted by Gasteiger charge is 2.30. The molecule has 0 saturated heterocycles. The van der Waals surface area contributed by atoms with Gasteiger partial charge in [0.2, 0.25) is 11.8 Å². The summed E-state index contributed by atoms with van der Waals surface area (Å²) >= 11 is 0. The molecule has 2 aromatic carbocycles. The summed E-state index contributed by atoms with van der Waals surface area (Å²) in [5, 5.41) is 2.88. The number of ether oxygens (including phenoxy) is 1. The highest BCUT2D eigenvalue weighted by atomic mass is 16.5. The number of anilines is 2. The normalized spacial score (nSPS) is 12.8. The van der Waals surface area contributed by atoms with Crippen molar-refractivity contribution in [2.45, 2.75) is 52.6 Å². The Morgan fingerprint density at radius 2 is 1.70 bits per heavy atom. The zero-order valence-electron chi connectivity index (χ0n) is 21.1. The van der Waals surface area contributed by atoms with Crippen molar-refractivity contribution in [3.63, 3.8) is 0 Å². The molecule has 0 fully saturated rings. The number of carbonyl (C=O) groups is 2. The van der Waals surface area contributed by atoms with Crippen LogP contribution in [0.15, 0.2) is 48.5 Å². The van der Waals surface area contributed by atoms with Crippen LogP contribution >= 0.6 is 0 Å². The van der Waals surface area contributed by atoms with E-state index in [0.717, 1.165) is 23.2 Å². The highest BCUT2D eigenvalue weighted by Crippen LogP contribution is 2.30. The third-order valence-corrected chi connectivity index (χ3v) is 6.11. The molecule has 0 radical (unpaired) electrons. The molecule has 0 aliphatic rings. The van der Waals surface area contributed by atoms with Crippen molar-refractivity contribution in [2.75, 3.05) is 38.0 Å². The first-order chi connectivity index (χ1) is 15.7. The molecular weight excluding hydrogens is 414 g/mol. The average Bonchev–Trinajstić information content (AvgIpc) is 2.78. The maximum Gasteiger partial charge on any atom is 0.250 e. The van der Waals surface area contributed by atoms with E-state index in [1.54, 1.807) is 0 Å². The van der Waals surface area contributed by atoms with E-state index in [1.807, 2.05) is 72.4 Å². The molecule has 1 N–H and O–H groups in total. The molecule has 2 rings (SSSR count). The van der Waals surface area contributed by atoms with Crippen LogP contribution in [0, 0.1) is 5.92 Å². The monoisotopic (exact) mass is 453 g/mol. The molecule has 180 valence electrons. The summed E-state index contributed by atoms with van der Waals surface area (Å²) in [5.74, 6) is 0.0255. The molecular formula is C27H39N3O3. The van der Waals surface area contributed by atoms with Crippen molar-refractivity contribution in [3.05, 3.63) is 59.7 Å². The summed E-state index contributed by atoms with van der Waals surface area (Å²) in [6.45, 7) is 8.91. The average molecular weight is 454 g/mol. The zero-order valence-corrected chi connectivity index (χ0v) is 21.1. The van der Waals surface area contributed by atoms with Crippen LogP contribution in [0.2, 0.25) is 0 Å². The Morgan fingerprint density at radius 1 is 1.03 bits per heavy atom. The fraction of sp³-hybridized carbons (Fsp3) is 0.481. The lowest BCUT2D eigenvalue weighted by atomic mass is 9.92. The van der Waals surface area contributed by atoms with Gasteiger partial charge >= 0.3 is 0 Å². The summed E-state index contributed by atoms with van der Waals surface area (Å²) in [6.07, 6.45) is 0.734. The molecule has 0 unspecified atom stereocenters. The Hall–Kier alpha value is -2.86. The molecule has 6 nitrogen and oxygen atoms in total. The van der Waals surface area contributed by atoms with Crippen molar-refractivity contribution in [3.8, 4) is 0 Å². The van der Waals surface area contributed by atoms with Crippen LogP contribution in [-0.4, -0.2) is 50.6 Å². The van der Waals surface area contributed by atoms with Crippen molar-refractivity contribution in [1.82, 2.24) is 4.90 Å². The smallest absolute Gasteiger partial charge is 0.250 e. The largest absolute Gasteiger partial charge is 0.377 e. The second-order valence-electron chi connectivity index (χ2n) is 9.04. The van der Waals surface area contributed by atoms with E-state index in [9.17, 15) is 9.59 Å². The summed E-state index contributed by atoms with van der Waals surface area (Å²) in [6, 6.07) is 15.9. The number of nitrogens with one attached hydrogen (secondary N) is 1. The molecule has 2 aromatic rings. The molecule has 0 aliphatic carbocycles. The summed E-state index contributed by atoms with van der Waals surface area (Å²) in [5.41, 5.74) is 3.73. The molecule has 0 saturated carbocycles. The summed E-state index contributed by atoms with van der Waals surface area (Å²) in [7, 11) is 5.46. The third kappa shape index (κ3) is 7.06. The first-order valence-electron chi connectivity index (χ1n) is 11.6. The lowest BCUT2D eigenvalue weighted by Crippen LogP contribution is -2.43. The lowest BCUT2D eigenvalue weighted by molar-refractivity contribution is -0.136. The van der Waals surface area contributed by atoms with Crippen LogP contribution in [0.25, 0.3) is 0 Å². The molecule has 0 aliphatic heterocycles. The van der Waals surface area contributed by atoms with Crippen LogP contribution in [0.1, 0.15) is 51.2 Å². The van der Waals surface area contributed by atoms with Crippen molar-refractivity contribution in [2.24, 2.45) is 5.92 Å². The second-order valence-corrected chi connectivity index (χ2v) is 9.04. The quantitative estimate of drug-likeness (QED) is 0.525. The maximum atomic E-state index is 13.9. The number of benzene rings is 2. The number of carbonyl (C=O) groups excluding carboxylic acids is 2. The van der Waals surface area contributed by atoms with E-state index >= 15 is 0 Å². The molecule has 2 amide bonds. The van der Waals surface area contributed by atoms with Crippen molar-refractivity contribution >= 4 is 23.2 Å². The minimum absolute atomic E-state index is 0.00495. The van der Waals surface area contributed by atoms with Gasteiger partial charge in [-0.05, 0) is 48.6 Å². The van der Waals surface area contributed by atoms with Crippen LogP contribution in [0.4, 0.5) is 11.4 Å². The van der Waals surface area contributed by atoms with Gasteiger partial charge in [-0.2, -0.15) is 0 Å². The van der Waals surface area contributed by atoms with Crippen molar-refractivity contribution in [1.29, 1.82) is 0 Å². The predicted molar refractivity (Wildman–Crippen MR) is 136 cm³/mol. The fourth-order valence-corrected chi connectivity index (χ4v) is 3.96.